The largest absolute Gasteiger partial charge is 0.278 e. The van der Waals surface area contributed by atoms with Crippen LogP contribution in [0.4, 0.5) is 17.3 Å². The summed E-state index contributed by atoms with van der Waals surface area (Å²) < 4.78 is 0. The lowest BCUT2D eigenvalue weighted by Gasteiger charge is -2.32. The van der Waals surface area contributed by atoms with Crippen molar-refractivity contribution in [2.45, 2.75) is 58.8 Å². The second-order valence-corrected chi connectivity index (χ2v) is 8.30. The van der Waals surface area contributed by atoms with Crippen LogP contribution in [0.25, 0.3) is 0 Å². The highest BCUT2D eigenvalue weighted by molar-refractivity contribution is 5.79. The third kappa shape index (κ3) is 2.99. The van der Waals surface area contributed by atoms with E-state index in [1.807, 2.05) is 12.4 Å². The number of anilines is 3. The Morgan fingerprint density at radius 2 is 1.32 bits per heavy atom. The van der Waals surface area contributed by atoms with E-state index in [-0.39, 0.29) is 0 Å². The van der Waals surface area contributed by atoms with Gasteiger partial charge < -0.3 is 0 Å². The minimum atomic E-state index is 1.06. The van der Waals surface area contributed by atoms with Gasteiger partial charge >= 0.3 is 0 Å². The molecule has 3 heterocycles. The quantitative estimate of drug-likeness (QED) is 0.532. The van der Waals surface area contributed by atoms with E-state index in [0.29, 0.717) is 0 Å². The summed E-state index contributed by atoms with van der Waals surface area (Å²) in [6, 6.07) is 11.4. The topological polar surface area (TPSA) is 29.0 Å². The summed E-state index contributed by atoms with van der Waals surface area (Å²) in [6.45, 7) is 4.27. The molecule has 0 unspecified atom stereocenters. The Labute approximate surface area is 167 Å². The first-order valence-electron chi connectivity index (χ1n) is 10.5. The SMILES string of the molecule is Cc1cnc2c(c1)CCCc1cc(C)cnc1N2c1cccc2c1CCCC2. The monoisotopic (exact) mass is 369 g/mol. The van der Waals surface area contributed by atoms with Gasteiger partial charge in [0.15, 0.2) is 0 Å². The van der Waals surface area contributed by atoms with Crippen LogP contribution in [0.5, 0.6) is 0 Å². The number of benzene rings is 1. The predicted octanol–water partition coefficient (Wildman–Crippen LogP) is 5.93. The van der Waals surface area contributed by atoms with Crippen LogP contribution in [-0.2, 0) is 25.7 Å². The van der Waals surface area contributed by atoms with E-state index in [1.54, 1.807) is 0 Å². The Hall–Kier alpha value is -2.68. The summed E-state index contributed by atoms with van der Waals surface area (Å²) in [7, 11) is 0. The molecule has 3 aromatic rings. The molecule has 0 spiro atoms. The fourth-order valence-corrected chi connectivity index (χ4v) is 4.78. The summed E-state index contributed by atoms with van der Waals surface area (Å²) in [5.41, 5.74) is 9.37. The first-order valence-corrected chi connectivity index (χ1v) is 10.5. The minimum Gasteiger partial charge on any atom is -0.278 e. The summed E-state index contributed by atoms with van der Waals surface area (Å²) in [5, 5.41) is 0. The Balaban J connectivity index is 1.79. The number of rotatable bonds is 1. The smallest absolute Gasteiger partial charge is 0.141 e. The van der Waals surface area contributed by atoms with Crippen molar-refractivity contribution in [3.8, 4) is 0 Å². The van der Waals surface area contributed by atoms with Gasteiger partial charge in [-0.1, -0.05) is 24.3 Å². The van der Waals surface area contributed by atoms with Gasteiger partial charge in [0.2, 0.25) is 0 Å². The molecule has 0 amide bonds. The molecule has 5 rings (SSSR count). The summed E-state index contributed by atoms with van der Waals surface area (Å²) in [4.78, 5) is 12.2. The van der Waals surface area contributed by atoms with Gasteiger partial charge in [-0.15, -0.1) is 0 Å². The van der Waals surface area contributed by atoms with E-state index in [1.165, 1.54) is 58.3 Å². The molecule has 3 heteroatoms. The molecule has 3 nitrogen and oxygen atoms in total. The Bertz CT molecular complexity index is 984. The number of nitrogens with zero attached hydrogens (tertiary/aromatic N) is 3. The maximum absolute atomic E-state index is 4.93. The highest BCUT2D eigenvalue weighted by Gasteiger charge is 2.27. The fraction of sp³-hybridized carbons (Fsp3) is 0.360. The molecular formula is C25H27N3. The molecule has 0 radical (unpaired) electrons. The maximum Gasteiger partial charge on any atom is 0.141 e. The number of hydrogen-bond acceptors (Lipinski definition) is 3. The van der Waals surface area contributed by atoms with Crippen LogP contribution < -0.4 is 4.90 Å². The van der Waals surface area contributed by atoms with Crippen molar-refractivity contribution in [2.24, 2.45) is 0 Å². The van der Waals surface area contributed by atoms with Crippen LogP contribution >= 0.6 is 0 Å². The molecule has 0 saturated carbocycles. The Kier molecular flexibility index (Phi) is 4.38. The van der Waals surface area contributed by atoms with Crippen LogP contribution in [0.15, 0.2) is 42.7 Å². The third-order valence-electron chi connectivity index (χ3n) is 6.09. The number of aromatic nitrogens is 2. The van der Waals surface area contributed by atoms with Gasteiger partial charge in [-0.2, -0.15) is 0 Å². The van der Waals surface area contributed by atoms with Crippen LogP contribution in [0.2, 0.25) is 0 Å². The number of pyridine rings is 2. The van der Waals surface area contributed by atoms with Crippen molar-refractivity contribution >= 4 is 17.3 Å². The zero-order valence-electron chi connectivity index (χ0n) is 16.8. The Morgan fingerprint density at radius 1 is 0.714 bits per heavy atom. The lowest BCUT2D eigenvalue weighted by Crippen LogP contribution is -2.21. The molecule has 0 atom stereocenters. The molecule has 142 valence electrons. The standard InChI is InChI=1S/C25H27N3/c1-17-13-20-9-5-10-21-14-18(2)16-27-25(21)28(24(20)26-15-17)23-12-6-8-19-7-3-4-11-22(19)23/h6,8,12-16H,3-5,7,9-11H2,1-2H3. The molecule has 0 N–H and O–H groups in total. The lowest BCUT2D eigenvalue weighted by atomic mass is 9.89. The van der Waals surface area contributed by atoms with E-state index >= 15 is 0 Å². The molecule has 28 heavy (non-hydrogen) atoms. The summed E-state index contributed by atoms with van der Waals surface area (Å²) >= 11 is 0. The second-order valence-electron chi connectivity index (χ2n) is 8.30. The van der Waals surface area contributed by atoms with Crippen molar-refractivity contribution in [3.63, 3.8) is 0 Å². The molecule has 1 aliphatic heterocycles. The van der Waals surface area contributed by atoms with Crippen molar-refractivity contribution < 1.29 is 0 Å². The van der Waals surface area contributed by atoms with Gasteiger partial charge in [-0.25, -0.2) is 9.97 Å². The average molecular weight is 370 g/mol. The average Bonchev–Trinajstić information content (AvgIpc) is 2.70. The van der Waals surface area contributed by atoms with Crippen LogP contribution in [0, 0.1) is 13.8 Å². The molecular weight excluding hydrogens is 342 g/mol. The van der Waals surface area contributed by atoms with Gasteiger partial charge in [0.05, 0.1) is 5.69 Å². The minimum absolute atomic E-state index is 1.06. The van der Waals surface area contributed by atoms with Crippen molar-refractivity contribution in [2.75, 3.05) is 4.90 Å². The summed E-state index contributed by atoms with van der Waals surface area (Å²) in [6.07, 6.45) is 12.1. The van der Waals surface area contributed by atoms with Gasteiger partial charge in [0, 0.05) is 12.4 Å². The van der Waals surface area contributed by atoms with Crippen molar-refractivity contribution in [3.05, 3.63) is 76.1 Å². The van der Waals surface area contributed by atoms with Crippen molar-refractivity contribution in [1.29, 1.82) is 0 Å². The van der Waals surface area contributed by atoms with Gasteiger partial charge in [0.1, 0.15) is 11.6 Å². The zero-order chi connectivity index (χ0) is 19.1. The number of aryl methyl sites for hydroxylation is 5. The highest BCUT2D eigenvalue weighted by atomic mass is 15.2. The Morgan fingerprint density at radius 3 is 2.00 bits per heavy atom. The zero-order valence-corrected chi connectivity index (χ0v) is 16.8. The molecule has 0 bridgehead atoms. The van der Waals surface area contributed by atoms with Gasteiger partial charge in [-0.05, 0) is 98.2 Å². The molecule has 1 aromatic carbocycles. The van der Waals surface area contributed by atoms with Gasteiger partial charge in [0.25, 0.3) is 0 Å². The van der Waals surface area contributed by atoms with E-state index in [4.69, 9.17) is 9.97 Å². The van der Waals surface area contributed by atoms with E-state index < -0.39 is 0 Å². The van der Waals surface area contributed by atoms with Crippen LogP contribution in [0.1, 0.15) is 52.6 Å². The molecule has 2 aromatic heterocycles. The second kappa shape index (κ2) is 7.05. The maximum atomic E-state index is 4.93. The van der Waals surface area contributed by atoms with E-state index in [0.717, 1.165) is 37.3 Å². The fourth-order valence-electron chi connectivity index (χ4n) is 4.78. The number of hydrogen-bond donors (Lipinski definition) is 0. The van der Waals surface area contributed by atoms with Crippen LogP contribution in [-0.4, -0.2) is 9.97 Å². The predicted molar refractivity (Wildman–Crippen MR) is 115 cm³/mol. The number of fused-ring (bicyclic) bond motifs is 3. The lowest BCUT2D eigenvalue weighted by molar-refractivity contribution is 0.685. The van der Waals surface area contributed by atoms with Crippen molar-refractivity contribution in [1.82, 2.24) is 9.97 Å². The van der Waals surface area contributed by atoms with E-state index in [2.05, 4.69) is 49.1 Å². The van der Waals surface area contributed by atoms with Crippen LogP contribution in [0.3, 0.4) is 0 Å². The van der Waals surface area contributed by atoms with Gasteiger partial charge in [-0.3, -0.25) is 4.90 Å². The van der Waals surface area contributed by atoms with E-state index in [9.17, 15) is 0 Å². The highest BCUT2D eigenvalue weighted by Crippen LogP contribution is 2.42. The first kappa shape index (κ1) is 17.4. The summed E-state index contributed by atoms with van der Waals surface area (Å²) in [5.74, 6) is 2.11. The first-order chi connectivity index (χ1) is 13.7. The molecule has 0 fully saturated rings. The third-order valence-corrected chi connectivity index (χ3v) is 6.09. The molecule has 0 saturated heterocycles. The molecule has 2 aliphatic rings. The molecule has 1 aliphatic carbocycles. The normalized spacial score (nSPS) is 15.9.